The van der Waals surface area contributed by atoms with Crippen LogP contribution in [0.2, 0.25) is 0 Å². The number of carboxylic acids is 1. The molecule has 7 N–H and O–H groups in total. The Bertz CT molecular complexity index is 791. The summed E-state index contributed by atoms with van der Waals surface area (Å²) in [4.78, 5) is 57.4. The van der Waals surface area contributed by atoms with Gasteiger partial charge in [0.1, 0.15) is 18.1 Å². The van der Waals surface area contributed by atoms with Gasteiger partial charge in [-0.2, -0.15) is 11.8 Å². The van der Waals surface area contributed by atoms with E-state index in [1.54, 1.807) is 0 Å². The number of carbonyl (C=O) groups is 4. The molecule has 1 aromatic heterocycles. The van der Waals surface area contributed by atoms with Crippen molar-refractivity contribution < 1.29 is 29.4 Å². The van der Waals surface area contributed by atoms with Crippen LogP contribution in [-0.2, 0) is 25.6 Å². The van der Waals surface area contributed by atoms with Crippen LogP contribution >= 0.6 is 11.8 Å². The van der Waals surface area contributed by atoms with Gasteiger partial charge in [-0.05, 0) is 31.3 Å². The number of hydrogen-bond donors (Lipinski definition) is 6. The summed E-state index contributed by atoms with van der Waals surface area (Å²) in [6.45, 7) is -0.399. The van der Waals surface area contributed by atoms with Crippen LogP contribution < -0.4 is 16.4 Å². The largest absolute Gasteiger partial charge is 0.480 e. The highest BCUT2D eigenvalue weighted by molar-refractivity contribution is 7.98. The third-order valence-electron chi connectivity index (χ3n) is 5.19. The van der Waals surface area contributed by atoms with Crippen LogP contribution in [-0.4, -0.2) is 98.1 Å². The highest BCUT2D eigenvalue weighted by Gasteiger charge is 2.38. The van der Waals surface area contributed by atoms with Gasteiger partial charge in [-0.1, -0.05) is 0 Å². The number of thioether (sulfide) groups is 1. The maximum absolute atomic E-state index is 13.0. The van der Waals surface area contributed by atoms with E-state index in [-0.39, 0.29) is 12.8 Å². The number of hydrogen-bond acceptors (Lipinski definition) is 8. The molecule has 0 radical (unpaired) electrons. The van der Waals surface area contributed by atoms with Crippen molar-refractivity contribution >= 4 is 35.5 Å². The second kappa shape index (κ2) is 12.4. The van der Waals surface area contributed by atoms with E-state index >= 15 is 0 Å². The lowest BCUT2D eigenvalue weighted by Gasteiger charge is -2.28. The standard InChI is InChI=1S/C19H30N6O6S/c1-32-6-4-13(18(29)25-5-2-3-15(25)19(30)31)23-17(28)14(9-26)24-16(27)12(20)7-11-8-21-10-22-11/h8,10,12-15,26H,2-7,9,20H2,1H3,(H,21,22)(H,23,28)(H,24,27)(H,30,31). The van der Waals surface area contributed by atoms with Gasteiger partial charge in [-0.25, -0.2) is 9.78 Å². The number of rotatable bonds is 12. The number of nitrogens with zero attached hydrogens (tertiary/aromatic N) is 2. The van der Waals surface area contributed by atoms with Crippen LogP contribution in [0.4, 0.5) is 0 Å². The molecule has 13 heteroatoms. The summed E-state index contributed by atoms with van der Waals surface area (Å²) in [5, 5.41) is 23.9. The number of H-pyrrole nitrogens is 1. The lowest BCUT2D eigenvalue weighted by molar-refractivity contribution is -0.149. The minimum Gasteiger partial charge on any atom is -0.480 e. The Balaban J connectivity index is 2.01. The van der Waals surface area contributed by atoms with Crippen LogP contribution in [0.5, 0.6) is 0 Å². The second-order valence-electron chi connectivity index (χ2n) is 7.50. The number of carboxylic acid groups (broad SMARTS) is 1. The van der Waals surface area contributed by atoms with Crippen LogP contribution in [0.1, 0.15) is 25.0 Å². The van der Waals surface area contributed by atoms with Crippen molar-refractivity contribution in [2.75, 3.05) is 25.2 Å². The Hall–Kier alpha value is -2.64. The molecule has 178 valence electrons. The second-order valence-corrected chi connectivity index (χ2v) is 8.49. The van der Waals surface area contributed by atoms with Crippen molar-refractivity contribution in [3.05, 3.63) is 18.2 Å². The fraction of sp³-hybridized carbons (Fsp3) is 0.632. The number of imidazole rings is 1. The lowest BCUT2D eigenvalue weighted by Crippen LogP contribution is -2.58. The molecule has 1 aliphatic heterocycles. The number of nitrogens with one attached hydrogen (secondary N) is 3. The number of likely N-dealkylation sites (tertiary alicyclic amines) is 1. The van der Waals surface area contributed by atoms with E-state index in [2.05, 4.69) is 20.6 Å². The van der Waals surface area contributed by atoms with E-state index in [1.807, 2.05) is 6.26 Å². The molecule has 0 aliphatic carbocycles. The van der Waals surface area contributed by atoms with Crippen LogP contribution in [0.3, 0.4) is 0 Å². The molecular weight excluding hydrogens is 440 g/mol. The number of amides is 3. The summed E-state index contributed by atoms with van der Waals surface area (Å²) in [5.74, 6) is -2.42. The van der Waals surface area contributed by atoms with Gasteiger partial charge in [0.2, 0.25) is 17.7 Å². The highest BCUT2D eigenvalue weighted by Crippen LogP contribution is 2.19. The summed E-state index contributed by atoms with van der Waals surface area (Å²) in [6, 6.07) is -4.19. The van der Waals surface area contributed by atoms with Crippen molar-refractivity contribution in [1.82, 2.24) is 25.5 Å². The van der Waals surface area contributed by atoms with E-state index in [0.29, 0.717) is 30.8 Å². The van der Waals surface area contributed by atoms with Gasteiger partial charge in [0.05, 0.1) is 19.0 Å². The van der Waals surface area contributed by atoms with E-state index in [9.17, 15) is 29.4 Å². The van der Waals surface area contributed by atoms with Crippen LogP contribution in [0.25, 0.3) is 0 Å². The molecule has 4 unspecified atom stereocenters. The molecule has 1 aromatic rings. The molecule has 1 aliphatic rings. The quantitative estimate of drug-likeness (QED) is 0.202. The molecule has 1 saturated heterocycles. The average molecular weight is 471 g/mol. The Morgan fingerprint density at radius 3 is 2.62 bits per heavy atom. The van der Waals surface area contributed by atoms with Crippen LogP contribution in [0, 0.1) is 0 Å². The van der Waals surface area contributed by atoms with Gasteiger partial charge in [0, 0.05) is 24.9 Å². The van der Waals surface area contributed by atoms with Crippen molar-refractivity contribution in [3.8, 4) is 0 Å². The fourth-order valence-electron chi connectivity index (χ4n) is 3.45. The Labute approximate surface area is 189 Å². The van der Waals surface area contributed by atoms with Gasteiger partial charge in [0.15, 0.2) is 0 Å². The Kier molecular flexibility index (Phi) is 9.94. The van der Waals surface area contributed by atoms with Crippen molar-refractivity contribution in [2.45, 2.75) is 49.9 Å². The monoisotopic (exact) mass is 470 g/mol. The molecule has 3 amide bonds. The first kappa shape index (κ1) is 25.6. The summed E-state index contributed by atoms with van der Waals surface area (Å²) in [7, 11) is 0. The van der Waals surface area contributed by atoms with E-state index < -0.39 is 54.5 Å². The topological polar surface area (TPSA) is 191 Å². The van der Waals surface area contributed by atoms with E-state index in [0.717, 1.165) is 0 Å². The zero-order valence-corrected chi connectivity index (χ0v) is 18.6. The Morgan fingerprint density at radius 1 is 1.31 bits per heavy atom. The lowest BCUT2D eigenvalue weighted by atomic mass is 10.1. The van der Waals surface area contributed by atoms with Gasteiger partial charge in [0.25, 0.3) is 0 Å². The molecule has 0 bridgehead atoms. The predicted octanol–water partition coefficient (Wildman–Crippen LogP) is -1.93. The molecule has 0 aromatic carbocycles. The third kappa shape index (κ3) is 6.93. The molecule has 2 heterocycles. The number of nitrogens with two attached hydrogens (primary N) is 1. The molecule has 2 rings (SSSR count). The first-order valence-electron chi connectivity index (χ1n) is 10.2. The van der Waals surface area contributed by atoms with Gasteiger partial charge in [-0.15, -0.1) is 0 Å². The van der Waals surface area contributed by atoms with E-state index in [1.165, 1.54) is 29.2 Å². The third-order valence-corrected chi connectivity index (χ3v) is 5.84. The van der Waals surface area contributed by atoms with Gasteiger partial charge < -0.3 is 36.5 Å². The number of aliphatic hydroxyl groups is 1. The molecule has 0 saturated carbocycles. The molecular formula is C19H30N6O6S. The predicted molar refractivity (Wildman–Crippen MR) is 117 cm³/mol. The first-order chi connectivity index (χ1) is 15.3. The fourth-order valence-corrected chi connectivity index (χ4v) is 3.92. The summed E-state index contributed by atoms with van der Waals surface area (Å²) in [5.41, 5.74) is 6.50. The van der Waals surface area contributed by atoms with Crippen molar-refractivity contribution in [2.24, 2.45) is 5.73 Å². The normalized spacial score (nSPS) is 18.6. The molecule has 1 fully saturated rings. The zero-order chi connectivity index (χ0) is 23.7. The number of aromatic nitrogens is 2. The molecule has 4 atom stereocenters. The smallest absolute Gasteiger partial charge is 0.326 e. The molecule has 32 heavy (non-hydrogen) atoms. The van der Waals surface area contributed by atoms with Gasteiger partial charge >= 0.3 is 5.97 Å². The summed E-state index contributed by atoms with van der Waals surface area (Å²) >= 11 is 1.47. The zero-order valence-electron chi connectivity index (χ0n) is 17.8. The average Bonchev–Trinajstić information content (AvgIpc) is 3.46. The SMILES string of the molecule is CSCCC(NC(=O)C(CO)NC(=O)C(N)Cc1cnc[nH]1)C(=O)N1CCCC1C(=O)O. The number of aliphatic hydroxyl groups excluding tert-OH is 1. The number of aliphatic carboxylic acids is 1. The summed E-state index contributed by atoms with van der Waals surface area (Å²) in [6.07, 6.45) is 6.17. The van der Waals surface area contributed by atoms with Crippen molar-refractivity contribution in [1.29, 1.82) is 0 Å². The molecule has 0 spiro atoms. The first-order valence-corrected chi connectivity index (χ1v) is 11.6. The minimum atomic E-state index is -1.31. The van der Waals surface area contributed by atoms with E-state index in [4.69, 9.17) is 5.73 Å². The number of aromatic amines is 1. The van der Waals surface area contributed by atoms with Crippen molar-refractivity contribution in [3.63, 3.8) is 0 Å². The van der Waals surface area contributed by atoms with Crippen LogP contribution in [0.15, 0.2) is 12.5 Å². The minimum absolute atomic E-state index is 0.159. The highest BCUT2D eigenvalue weighted by atomic mass is 32.2. The number of carbonyl (C=O) groups excluding carboxylic acids is 3. The maximum Gasteiger partial charge on any atom is 0.326 e. The summed E-state index contributed by atoms with van der Waals surface area (Å²) < 4.78 is 0. The Morgan fingerprint density at radius 2 is 2.03 bits per heavy atom. The maximum atomic E-state index is 13.0. The van der Waals surface area contributed by atoms with Gasteiger partial charge in [-0.3, -0.25) is 14.4 Å². The molecule has 12 nitrogen and oxygen atoms in total.